The highest BCUT2D eigenvalue weighted by Crippen LogP contribution is 2.36. The molecule has 13 heavy (non-hydrogen) atoms. The summed E-state index contributed by atoms with van der Waals surface area (Å²) in [5, 5.41) is 0.588. The summed E-state index contributed by atoms with van der Waals surface area (Å²) in [6.45, 7) is 11.7. The Balaban J connectivity index is 2.58. The monoisotopic (exact) mass is 220 g/mol. The van der Waals surface area contributed by atoms with E-state index < -0.39 is 7.71 Å². The average Bonchev–Trinajstić information content (AvgIpc) is 1.79. The summed E-state index contributed by atoms with van der Waals surface area (Å²) in [6, 6.07) is 0. The minimum Gasteiger partial charge on any atom is -0.387 e. The van der Waals surface area contributed by atoms with E-state index in [9.17, 15) is 0 Å². The first-order chi connectivity index (χ1) is 5.83. The number of rotatable bonds is 2. The van der Waals surface area contributed by atoms with Gasteiger partial charge in [0.25, 0.3) is 0 Å². The van der Waals surface area contributed by atoms with Gasteiger partial charge >= 0.3 is 7.71 Å². The topological polar surface area (TPSA) is 18.5 Å². The van der Waals surface area contributed by atoms with E-state index in [0.717, 1.165) is 13.0 Å². The van der Waals surface area contributed by atoms with E-state index in [0.29, 0.717) is 5.25 Å². The highest BCUT2D eigenvalue weighted by Gasteiger charge is 2.43. The van der Waals surface area contributed by atoms with Crippen LogP contribution in [0.15, 0.2) is 0 Å². The van der Waals surface area contributed by atoms with Crippen molar-refractivity contribution in [1.82, 2.24) is 0 Å². The third-order valence-electron chi connectivity index (χ3n) is 1.98. The number of hydrogen-bond donors (Lipinski definition) is 0. The zero-order chi connectivity index (χ0) is 10.1. The van der Waals surface area contributed by atoms with Gasteiger partial charge in [0.1, 0.15) is 0 Å². The molecule has 0 saturated carbocycles. The maximum Gasteiger partial charge on any atom is 0.403 e. The molecule has 1 atom stereocenters. The molecule has 0 radical (unpaired) electrons. The molecule has 0 N–H and O–H groups in total. The summed E-state index contributed by atoms with van der Waals surface area (Å²) >= 11 is 1.87. The SMILES string of the molecule is CC(C)S[Si]1(C)OCCC(C)(C)O1. The highest BCUT2D eigenvalue weighted by atomic mass is 32.4. The van der Waals surface area contributed by atoms with Gasteiger partial charge in [-0.05, 0) is 32.1 Å². The Morgan fingerprint density at radius 1 is 1.38 bits per heavy atom. The highest BCUT2D eigenvalue weighted by molar-refractivity contribution is 8.27. The lowest BCUT2D eigenvalue weighted by Gasteiger charge is -2.41. The molecule has 78 valence electrons. The summed E-state index contributed by atoms with van der Waals surface area (Å²) in [5.74, 6) is 0. The molecule has 0 aliphatic carbocycles. The Hall–Kier alpha value is 0.487. The lowest BCUT2D eigenvalue weighted by molar-refractivity contribution is 0.00248. The molecule has 2 nitrogen and oxygen atoms in total. The Kier molecular flexibility index (Phi) is 3.49. The van der Waals surface area contributed by atoms with Gasteiger partial charge in [0, 0.05) is 6.61 Å². The lowest BCUT2D eigenvalue weighted by Crippen LogP contribution is -2.50. The van der Waals surface area contributed by atoms with E-state index in [2.05, 4.69) is 34.2 Å². The first-order valence-electron chi connectivity index (χ1n) is 4.85. The van der Waals surface area contributed by atoms with E-state index in [-0.39, 0.29) is 5.60 Å². The molecular formula is C9H20O2SSi. The molecule has 1 heterocycles. The van der Waals surface area contributed by atoms with Crippen molar-refractivity contribution in [3.8, 4) is 0 Å². The molecule has 1 rings (SSSR count). The van der Waals surface area contributed by atoms with E-state index in [4.69, 9.17) is 8.85 Å². The molecule has 1 unspecified atom stereocenters. The average molecular weight is 220 g/mol. The van der Waals surface area contributed by atoms with Crippen molar-refractivity contribution < 1.29 is 8.85 Å². The summed E-state index contributed by atoms with van der Waals surface area (Å²) in [5.41, 5.74) is 0.0150. The molecule has 0 aromatic carbocycles. The van der Waals surface area contributed by atoms with Gasteiger partial charge < -0.3 is 8.85 Å². The second-order valence-corrected chi connectivity index (χ2v) is 10.8. The Labute approximate surface area is 86.3 Å². The van der Waals surface area contributed by atoms with Crippen LogP contribution in [0, 0.1) is 0 Å². The van der Waals surface area contributed by atoms with E-state index in [1.54, 1.807) is 0 Å². The summed E-state index contributed by atoms with van der Waals surface area (Å²) in [7, 11) is -1.92. The standard InChI is InChI=1S/C9H20O2SSi/c1-8(2)12-13(5)10-7-6-9(3,4)11-13/h8H,6-7H2,1-5H3. The number of hydrogen-bond acceptors (Lipinski definition) is 3. The fourth-order valence-corrected chi connectivity index (χ4v) is 8.01. The first-order valence-corrected chi connectivity index (χ1v) is 8.77. The van der Waals surface area contributed by atoms with Crippen LogP contribution in [0.1, 0.15) is 34.1 Å². The normalized spacial score (nSPS) is 33.7. The predicted octanol–water partition coefficient (Wildman–Crippen LogP) is 2.91. The third kappa shape index (κ3) is 3.62. The van der Waals surface area contributed by atoms with Crippen LogP contribution in [0.25, 0.3) is 0 Å². The molecule has 0 spiro atoms. The van der Waals surface area contributed by atoms with Crippen LogP contribution >= 0.6 is 11.2 Å². The van der Waals surface area contributed by atoms with E-state index in [1.807, 2.05) is 11.2 Å². The van der Waals surface area contributed by atoms with Crippen LogP contribution in [0.4, 0.5) is 0 Å². The third-order valence-corrected chi connectivity index (χ3v) is 7.83. The van der Waals surface area contributed by atoms with Crippen molar-refractivity contribution in [1.29, 1.82) is 0 Å². The van der Waals surface area contributed by atoms with Crippen molar-refractivity contribution in [2.75, 3.05) is 6.61 Å². The van der Waals surface area contributed by atoms with Crippen LogP contribution in [0.5, 0.6) is 0 Å². The summed E-state index contributed by atoms with van der Waals surface area (Å²) in [6.07, 6.45) is 1.01. The largest absolute Gasteiger partial charge is 0.403 e. The molecule has 0 aromatic heterocycles. The quantitative estimate of drug-likeness (QED) is 0.667. The summed E-state index contributed by atoms with van der Waals surface area (Å²) in [4.78, 5) is 0. The van der Waals surface area contributed by atoms with Crippen molar-refractivity contribution >= 4 is 18.9 Å². The van der Waals surface area contributed by atoms with Crippen molar-refractivity contribution in [2.24, 2.45) is 0 Å². The second kappa shape index (κ2) is 3.93. The van der Waals surface area contributed by atoms with Gasteiger partial charge in [0.2, 0.25) is 0 Å². The molecule has 4 heteroatoms. The van der Waals surface area contributed by atoms with Crippen LogP contribution in [-0.2, 0) is 8.85 Å². The summed E-state index contributed by atoms with van der Waals surface area (Å²) < 4.78 is 11.8. The Morgan fingerprint density at radius 3 is 2.46 bits per heavy atom. The fraction of sp³-hybridized carbons (Fsp3) is 1.00. The molecule has 1 aliphatic heterocycles. The van der Waals surface area contributed by atoms with Gasteiger partial charge in [0.05, 0.1) is 5.60 Å². The Bertz CT molecular complexity index is 184. The lowest BCUT2D eigenvalue weighted by atomic mass is 10.1. The molecule has 0 amide bonds. The molecule has 1 fully saturated rings. The van der Waals surface area contributed by atoms with Crippen LogP contribution in [0.2, 0.25) is 6.55 Å². The Morgan fingerprint density at radius 2 is 2.00 bits per heavy atom. The van der Waals surface area contributed by atoms with Crippen molar-refractivity contribution in [3.05, 3.63) is 0 Å². The van der Waals surface area contributed by atoms with Crippen molar-refractivity contribution in [2.45, 2.75) is 51.5 Å². The van der Waals surface area contributed by atoms with Crippen LogP contribution in [-0.4, -0.2) is 25.2 Å². The maximum absolute atomic E-state index is 6.05. The van der Waals surface area contributed by atoms with Crippen LogP contribution < -0.4 is 0 Å². The van der Waals surface area contributed by atoms with Gasteiger partial charge in [-0.2, -0.15) is 0 Å². The molecule has 0 aromatic rings. The van der Waals surface area contributed by atoms with Gasteiger partial charge in [-0.3, -0.25) is 0 Å². The van der Waals surface area contributed by atoms with E-state index in [1.165, 1.54) is 0 Å². The van der Waals surface area contributed by atoms with Gasteiger partial charge in [-0.1, -0.05) is 13.8 Å². The molecule has 1 saturated heterocycles. The zero-order valence-electron chi connectivity index (χ0n) is 9.22. The minimum atomic E-state index is -1.92. The van der Waals surface area contributed by atoms with E-state index >= 15 is 0 Å². The predicted molar refractivity (Wildman–Crippen MR) is 60.1 cm³/mol. The van der Waals surface area contributed by atoms with Crippen molar-refractivity contribution in [3.63, 3.8) is 0 Å². The maximum atomic E-state index is 6.05. The van der Waals surface area contributed by atoms with Gasteiger partial charge in [-0.15, -0.1) is 11.2 Å². The fourth-order valence-electron chi connectivity index (χ4n) is 1.55. The molecular weight excluding hydrogens is 200 g/mol. The minimum absolute atomic E-state index is 0.0150. The molecule has 1 aliphatic rings. The zero-order valence-corrected chi connectivity index (χ0v) is 11.0. The van der Waals surface area contributed by atoms with Gasteiger partial charge in [0.15, 0.2) is 0 Å². The molecule has 0 bridgehead atoms. The van der Waals surface area contributed by atoms with Crippen LogP contribution in [0.3, 0.4) is 0 Å². The van der Waals surface area contributed by atoms with Gasteiger partial charge in [-0.25, -0.2) is 0 Å². The smallest absolute Gasteiger partial charge is 0.387 e. The second-order valence-electron chi connectivity index (χ2n) is 4.49. The first kappa shape index (κ1) is 11.6.